The highest BCUT2D eigenvalue weighted by atomic mass is 35.5. The van der Waals surface area contributed by atoms with Crippen molar-refractivity contribution in [1.29, 1.82) is 0 Å². The van der Waals surface area contributed by atoms with Crippen LogP contribution in [-0.4, -0.2) is 116 Å². The average molecular weight is 580 g/mol. The van der Waals surface area contributed by atoms with Crippen molar-refractivity contribution in [3.05, 3.63) is 35.0 Å². The number of alkyl halides is 1. The topological polar surface area (TPSA) is 104 Å². The Morgan fingerprint density at radius 2 is 1.92 bits per heavy atom. The Kier molecular flexibility index (Phi) is 8.20. The van der Waals surface area contributed by atoms with Crippen molar-refractivity contribution in [2.45, 2.75) is 36.6 Å². The quantitative estimate of drug-likeness (QED) is 0.494. The van der Waals surface area contributed by atoms with Crippen molar-refractivity contribution < 1.29 is 28.2 Å². The van der Waals surface area contributed by atoms with Crippen LogP contribution in [0.25, 0.3) is 11.3 Å². The number of amides is 2. The minimum absolute atomic E-state index is 0.0952. The molecule has 3 saturated heterocycles. The third-order valence-corrected chi connectivity index (χ3v) is 8.86. The number of aromatic nitrogens is 1. The number of nitrogens with zero attached hydrogens (tertiary/aromatic N) is 4. The van der Waals surface area contributed by atoms with E-state index in [4.69, 9.17) is 21.1 Å². The molecule has 0 radical (unpaired) electrons. The van der Waals surface area contributed by atoms with E-state index in [-0.39, 0.29) is 35.3 Å². The zero-order valence-electron chi connectivity index (χ0n) is 21.9. The van der Waals surface area contributed by atoms with Crippen LogP contribution in [0.4, 0.5) is 9.52 Å². The summed E-state index contributed by atoms with van der Waals surface area (Å²) in [6.45, 7) is 5.05. The molecule has 2 aromatic rings. The first-order valence-electron chi connectivity index (χ1n) is 12.8. The molecule has 3 aliphatic heterocycles. The van der Waals surface area contributed by atoms with Crippen LogP contribution in [0.5, 0.6) is 0 Å². The van der Waals surface area contributed by atoms with Gasteiger partial charge in [0.05, 0.1) is 11.5 Å². The minimum atomic E-state index is -1.06. The van der Waals surface area contributed by atoms with Crippen molar-refractivity contribution in [2.24, 2.45) is 0 Å². The lowest BCUT2D eigenvalue weighted by Crippen LogP contribution is -2.56. The molecule has 0 spiro atoms. The molecule has 1 aromatic carbocycles. The second-order valence-electron chi connectivity index (χ2n) is 10.1. The Morgan fingerprint density at radius 1 is 1.23 bits per heavy atom. The lowest BCUT2D eigenvalue weighted by atomic mass is 10.1. The number of ether oxygens (including phenoxy) is 2. The first kappa shape index (κ1) is 27.9. The van der Waals surface area contributed by atoms with Gasteiger partial charge in [0.1, 0.15) is 30.5 Å². The Balaban J connectivity index is 1.29. The fourth-order valence-electron chi connectivity index (χ4n) is 5.12. The van der Waals surface area contributed by atoms with Gasteiger partial charge in [-0.05, 0) is 26.1 Å². The molecular formula is C26H31ClFN5O5S. The van der Waals surface area contributed by atoms with E-state index < -0.39 is 41.5 Å². The number of ketones is 1. The molecule has 2 amide bonds. The lowest BCUT2D eigenvalue weighted by Gasteiger charge is -2.31. The summed E-state index contributed by atoms with van der Waals surface area (Å²) >= 11 is 7.36. The first-order valence-corrected chi connectivity index (χ1v) is 14.1. The average Bonchev–Trinajstić information content (AvgIpc) is 3.62. The van der Waals surface area contributed by atoms with Gasteiger partial charge in [-0.2, -0.15) is 4.39 Å². The molecule has 0 aliphatic carbocycles. The number of likely N-dealkylation sites (tertiary alicyclic amines) is 1. The number of likely N-dealkylation sites (N-methyl/N-ethyl adjacent to an activating group) is 1. The number of carbonyl (C=O) groups is 3. The minimum Gasteiger partial charge on any atom is -0.379 e. The summed E-state index contributed by atoms with van der Waals surface area (Å²) in [5.74, 6) is -1.19. The van der Waals surface area contributed by atoms with Crippen LogP contribution in [-0.2, 0) is 19.1 Å². The molecule has 0 bridgehead atoms. The summed E-state index contributed by atoms with van der Waals surface area (Å²) in [6.07, 6.45) is -1.24. The van der Waals surface area contributed by atoms with Crippen LogP contribution in [0.15, 0.2) is 24.3 Å². The van der Waals surface area contributed by atoms with E-state index in [1.165, 1.54) is 12.0 Å². The molecule has 210 valence electrons. The third-order valence-electron chi connectivity index (χ3n) is 7.57. The molecular weight excluding hydrogens is 549 g/mol. The van der Waals surface area contributed by atoms with Crippen molar-refractivity contribution >= 4 is 45.7 Å². The number of carbonyl (C=O) groups excluding carboxylic acids is 3. The number of piperazine rings is 1. The van der Waals surface area contributed by atoms with E-state index in [2.05, 4.69) is 27.1 Å². The van der Waals surface area contributed by atoms with Gasteiger partial charge in [-0.1, -0.05) is 23.5 Å². The number of nitrogens with one attached hydrogen (secondary N) is 1. The number of anilines is 1. The molecule has 10 nitrogen and oxygen atoms in total. The van der Waals surface area contributed by atoms with E-state index in [9.17, 15) is 18.8 Å². The smallest absolute Gasteiger partial charge is 0.252 e. The summed E-state index contributed by atoms with van der Waals surface area (Å²) in [5, 5.41) is 2.48. The van der Waals surface area contributed by atoms with Crippen molar-refractivity contribution in [3.63, 3.8) is 0 Å². The Bertz CT molecular complexity index is 1240. The van der Waals surface area contributed by atoms with Gasteiger partial charge in [-0.3, -0.25) is 14.4 Å². The molecule has 5 rings (SSSR count). The SMILES string of the molecule is COC(C)C(NC(=O)c1ccc(-c2nc(N3CCN(C)CC3)sc2F)cc1)C(=O)N1CC(Cl)C2OCC(=O)C21. The van der Waals surface area contributed by atoms with Crippen LogP contribution in [0.1, 0.15) is 17.3 Å². The second-order valence-corrected chi connectivity index (χ2v) is 11.6. The van der Waals surface area contributed by atoms with E-state index in [1.807, 2.05) is 0 Å². The van der Waals surface area contributed by atoms with Gasteiger partial charge in [-0.15, -0.1) is 11.6 Å². The van der Waals surface area contributed by atoms with E-state index in [0.29, 0.717) is 10.7 Å². The first-order chi connectivity index (χ1) is 18.7. The number of thiazole rings is 1. The van der Waals surface area contributed by atoms with E-state index >= 15 is 0 Å². The van der Waals surface area contributed by atoms with Gasteiger partial charge in [0.2, 0.25) is 11.0 Å². The highest BCUT2D eigenvalue weighted by Crippen LogP contribution is 2.33. The molecule has 1 aromatic heterocycles. The molecule has 3 aliphatic rings. The fraction of sp³-hybridized carbons (Fsp3) is 0.538. The Morgan fingerprint density at radius 3 is 2.59 bits per heavy atom. The second kappa shape index (κ2) is 11.5. The number of methoxy groups -OCH3 is 1. The van der Waals surface area contributed by atoms with Crippen LogP contribution >= 0.6 is 22.9 Å². The Hall–Kier alpha value is -2.64. The predicted molar refractivity (Wildman–Crippen MR) is 145 cm³/mol. The van der Waals surface area contributed by atoms with Gasteiger partial charge in [0.25, 0.3) is 5.91 Å². The summed E-state index contributed by atoms with van der Waals surface area (Å²) in [6, 6.07) is 4.57. The maximum Gasteiger partial charge on any atom is 0.252 e. The standard InChI is InChI=1S/C26H31ClFN5O5S/c1-14(37-3)19(25(36)33-12-17(27)22-21(33)18(34)13-38-22)29-24(35)16-6-4-15(5-7-16)20-23(28)39-26(30-20)32-10-8-31(2)9-11-32/h4-7,14,17,19,21-22H,8-13H2,1-3H3,(H,29,35). The summed E-state index contributed by atoms with van der Waals surface area (Å²) in [5.41, 5.74) is 1.07. The maximum absolute atomic E-state index is 14.8. The summed E-state index contributed by atoms with van der Waals surface area (Å²) in [4.78, 5) is 49.2. The monoisotopic (exact) mass is 579 g/mol. The van der Waals surface area contributed by atoms with E-state index in [1.54, 1.807) is 31.2 Å². The zero-order valence-corrected chi connectivity index (χ0v) is 23.5. The van der Waals surface area contributed by atoms with Crippen LogP contribution < -0.4 is 10.2 Å². The number of hydrogen-bond acceptors (Lipinski definition) is 9. The molecule has 39 heavy (non-hydrogen) atoms. The van der Waals surface area contributed by atoms with Crippen molar-refractivity contribution in [2.75, 3.05) is 58.4 Å². The summed E-state index contributed by atoms with van der Waals surface area (Å²) in [7, 11) is 3.49. The zero-order chi connectivity index (χ0) is 27.8. The fourth-order valence-corrected chi connectivity index (χ4v) is 6.35. The van der Waals surface area contributed by atoms with Gasteiger partial charge >= 0.3 is 0 Å². The van der Waals surface area contributed by atoms with Crippen molar-refractivity contribution in [3.8, 4) is 11.3 Å². The molecule has 0 saturated carbocycles. The molecule has 1 N–H and O–H groups in total. The molecule has 3 fully saturated rings. The molecule has 13 heteroatoms. The van der Waals surface area contributed by atoms with Gasteiger partial charge in [0.15, 0.2) is 10.9 Å². The Labute approximate surface area is 235 Å². The lowest BCUT2D eigenvalue weighted by molar-refractivity contribution is -0.140. The number of halogens is 2. The third kappa shape index (κ3) is 5.53. The van der Waals surface area contributed by atoms with Gasteiger partial charge < -0.3 is 29.5 Å². The predicted octanol–water partition coefficient (Wildman–Crippen LogP) is 1.62. The molecule has 5 unspecified atom stereocenters. The van der Waals surface area contributed by atoms with Crippen molar-refractivity contribution in [1.82, 2.24) is 20.1 Å². The maximum atomic E-state index is 14.8. The number of Topliss-reactive ketones (excluding diaryl/α,β-unsaturated/α-hetero) is 1. The molecule has 5 atom stereocenters. The number of hydrogen-bond donors (Lipinski definition) is 1. The number of benzene rings is 1. The number of fused-ring (bicyclic) bond motifs is 1. The summed E-state index contributed by atoms with van der Waals surface area (Å²) < 4.78 is 25.7. The van der Waals surface area contributed by atoms with Crippen LogP contribution in [0, 0.1) is 5.13 Å². The number of rotatable bonds is 7. The normalized spacial score (nSPS) is 25.1. The van der Waals surface area contributed by atoms with Gasteiger partial charge in [0, 0.05) is 51.0 Å². The highest BCUT2D eigenvalue weighted by Gasteiger charge is 2.53. The van der Waals surface area contributed by atoms with E-state index in [0.717, 1.165) is 37.5 Å². The van der Waals surface area contributed by atoms with Gasteiger partial charge in [-0.25, -0.2) is 4.98 Å². The van der Waals surface area contributed by atoms with Crippen LogP contribution in [0.2, 0.25) is 0 Å². The van der Waals surface area contributed by atoms with Crippen LogP contribution in [0.3, 0.4) is 0 Å². The largest absolute Gasteiger partial charge is 0.379 e. The highest BCUT2D eigenvalue weighted by molar-refractivity contribution is 7.14. The molecule has 4 heterocycles.